The third-order valence-electron chi connectivity index (χ3n) is 5.22. The van der Waals surface area contributed by atoms with Crippen LogP contribution in [0.5, 0.6) is 5.88 Å². The number of thiazole rings is 1. The highest BCUT2D eigenvalue weighted by Crippen LogP contribution is 2.30. The fraction of sp³-hybridized carbons (Fsp3) is 0.321. The van der Waals surface area contributed by atoms with Gasteiger partial charge in [0, 0.05) is 16.9 Å². The van der Waals surface area contributed by atoms with Gasteiger partial charge in [0.2, 0.25) is 5.88 Å². The standard InChI is InChI=1S/C28H31N3OS/c1-19(2)28-29-23(18-33-28)14-7-5-6-11-21-12-10-13-22(17-21)26-27(32-20(3)4)31-25-16-9-8-15-24(25)30-26/h6,8-13,15-20H,5,7,14H2,1-4H3. The summed E-state index contributed by atoms with van der Waals surface area (Å²) >= 11 is 1.77. The lowest BCUT2D eigenvalue weighted by Gasteiger charge is -2.14. The Morgan fingerprint density at radius 2 is 1.73 bits per heavy atom. The van der Waals surface area contributed by atoms with Crippen molar-refractivity contribution >= 4 is 28.4 Å². The minimum atomic E-state index is 0.0247. The highest BCUT2D eigenvalue weighted by Gasteiger charge is 2.14. The minimum Gasteiger partial charge on any atom is -0.473 e. The molecule has 33 heavy (non-hydrogen) atoms. The number of aryl methyl sites for hydroxylation is 1. The molecule has 5 heteroatoms. The number of fused-ring (bicyclic) bond motifs is 1. The predicted octanol–water partition coefficient (Wildman–Crippen LogP) is 7.70. The molecular formula is C28H31N3OS. The van der Waals surface area contributed by atoms with Crippen LogP contribution in [0.2, 0.25) is 0 Å². The number of hydrogen-bond donors (Lipinski definition) is 0. The number of aromatic nitrogens is 3. The molecule has 0 spiro atoms. The molecule has 0 radical (unpaired) electrons. The Labute approximate surface area is 200 Å². The zero-order valence-electron chi connectivity index (χ0n) is 19.8. The summed E-state index contributed by atoms with van der Waals surface area (Å²) in [7, 11) is 0. The maximum absolute atomic E-state index is 6.02. The molecule has 0 unspecified atom stereocenters. The minimum absolute atomic E-state index is 0.0247. The monoisotopic (exact) mass is 457 g/mol. The molecule has 0 amide bonds. The van der Waals surface area contributed by atoms with E-state index in [1.165, 1.54) is 10.7 Å². The number of benzene rings is 2. The zero-order chi connectivity index (χ0) is 23.2. The summed E-state index contributed by atoms with van der Waals surface area (Å²) in [5, 5.41) is 3.43. The van der Waals surface area contributed by atoms with Crippen molar-refractivity contribution in [2.75, 3.05) is 0 Å². The van der Waals surface area contributed by atoms with Gasteiger partial charge in [-0.25, -0.2) is 15.0 Å². The number of hydrogen-bond acceptors (Lipinski definition) is 5. The van der Waals surface area contributed by atoms with Crippen LogP contribution in [0, 0.1) is 0 Å². The average molecular weight is 458 g/mol. The van der Waals surface area contributed by atoms with Gasteiger partial charge in [0.25, 0.3) is 0 Å². The Kier molecular flexibility index (Phi) is 7.50. The van der Waals surface area contributed by atoms with Crippen LogP contribution < -0.4 is 4.74 Å². The first-order valence-electron chi connectivity index (χ1n) is 11.6. The van der Waals surface area contributed by atoms with E-state index in [9.17, 15) is 0 Å². The molecule has 0 N–H and O–H groups in total. The van der Waals surface area contributed by atoms with E-state index in [4.69, 9.17) is 19.7 Å². The van der Waals surface area contributed by atoms with Crippen LogP contribution >= 0.6 is 11.3 Å². The molecule has 4 rings (SSSR count). The molecule has 2 aromatic heterocycles. The van der Waals surface area contributed by atoms with Crippen molar-refractivity contribution in [1.82, 2.24) is 15.0 Å². The molecule has 4 nitrogen and oxygen atoms in total. The third-order valence-corrected chi connectivity index (χ3v) is 6.42. The van der Waals surface area contributed by atoms with E-state index in [0.717, 1.165) is 47.1 Å². The first kappa shape index (κ1) is 23.1. The fourth-order valence-corrected chi connectivity index (χ4v) is 4.46. The third kappa shape index (κ3) is 6.05. The van der Waals surface area contributed by atoms with Crippen LogP contribution in [0.3, 0.4) is 0 Å². The summed E-state index contributed by atoms with van der Waals surface area (Å²) in [6.07, 6.45) is 7.59. The Morgan fingerprint density at radius 3 is 2.45 bits per heavy atom. The molecule has 0 atom stereocenters. The molecule has 2 aromatic carbocycles. The summed E-state index contributed by atoms with van der Waals surface area (Å²) < 4.78 is 6.02. The molecular weight excluding hydrogens is 426 g/mol. The second-order valence-corrected chi connectivity index (χ2v) is 9.67. The number of ether oxygens (including phenoxy) is 1. The molecule has 0 fully saturated rings. The maximum Gasteiger partial charge on any atom is 0.241 e. The van der Waals surface area contributed by atoms with Crippen molar-refractivity contribution in [2.45, 2.75) is 59.0 Å². The predicted molar refractivity (Wildman–Crippen MR) is 139 cm³/mol. The number of rotatable bonds is 9. The molecule has 170 valence electrons. The highest BCUT2D eigenvalue weighted by atomic mass is 32.1. The van der Waals surface area contributed by atoms with Crippen LogP contribution in [-0.4, -0.2) is 21.1 Å². The van der Waals surface area contributed by atoms with Crippen LogP contribution in [0.25, 0.3) is 28.4 Å². The van der Waals surface area contributed by atoms with Crippen molar-refractivity contribution in [3.8, 4) is 17.1 Å². The van der Waals surface area contributed by atoms with Crippen molar-refractivity contribution in [2.24, 2.45) is 0 Å². The summed E-state index contributed by atoms with van der Waals surface area (Å²) in [5.74, 6) is 1.09. The topological polar surface area (TPSA) is 47.9 Å². The Bertz CT molecular complexity index is 1240. The quantitative estimate of drug-likeness (QED) is 0.242. The molecule has 0 saturated heterocycles. The van der Waals surface area contributed by atoms with Gasteiger partial charge >= 0.3 is 0 Å². The van der Waals surface area contributed by atoms with Gasteiger partial charge in [-0.3, -0.25) is 0 Å². The van der Waals surface area contributed by atoms with E-state index in [-0.39, 0.29) is 6.10 Å². The summed E-state index contributed by atoms with van der Waals surface area (Å²) in [5.41, 5.74) is 5.86. The number of nitrogens with zero attached hydrogens (tertiary/aromatic N) is 3. The van der Waals surface area contributed by atoms with Crippen molar-refractivity contribution in [1.29, 1.82) is 0 Å². The number of unbranched alkanes of at least 4 members (excludes halogenated alkanes) is 1. The Morgan fingerprint density at radius 1 is 0.939 bits per heavy atom. The fourth-order valence-electron chi connectivity index (χ4n) is 3.59. The molecule has 0 saturated carbocycles. The lowest BCUT2D eigenvalue weighted by atomic mass is 10.1. The van der Waals surface area contributed by atoms with Gasteiger partial charge in [-0.15, -0.1) is 11.3 Å². The van der Waals surface area contributed by atoms with Gasteiger partial charge in [0.1, 0.15) is 5.69 Å². The van der Waals surface area contributed by atoms with Gasteiger partial charge in [-0.1, -0.05) is 56.3 Å². The normalized spacial score (nSPS) is 11.8. The number of allylic oxidation sites excluding steroid dienone is 1. The summed E-state index contributed by atoms with van der Waals surface area (Å²) in [4.78, 5) is 14.4. The lowest BCUT2D eigenvalue weighted by Crippen LogP contribution is -2.09. The zero-order valence-corrected chi connectivity index (χ0v) is 20.6. The van der Waals surface area contributed by atoms with Crippen LogP contribution in [0.15, 0.2) is 60.0 Å². The van der Waals surface area contributed by atoms with Crippen LogP contribution in [-0.2, 0) is 6.42 Å². The van der Waals surface area contributed by atoms with Gasteiger partial charge in [0.05, 0.1) is 27.8 Å². The van der Waals surface area contributed by atoms with Gasteiger partial charge < -0.3 is 4.74 Å². The second-order valence-electron chi connectivity index (χ2n) is 8.78. The first-order valence-corrected chi connectivity index (χ1v) is 12.5. The van der Waals surface area contributed by atoms with Crippen molar-refractivity contribution < 1.29 is 4.74 Å². The van der Waals surface area contributed by atoms with Gasteiger partial charge in [-0.05, 0) is 56.9 Å². The highest BCUT2D eigenvalue weighted by molar-refractivity contribution is 7.09. The molecule has 0 bridgehead atoms. The van der Waals surface area contributed by atoms with Crippen molar-refractivity contribution in [3.63, 3.8) is 0 Å². The van der Waals surface area contributed by atoms with E-state index in [0.29, 0.717) is 11.8 Å². The summed E-state index contributed by atoms with van der Waals surface area (Å²) in [6, 6.07) is 16.3. The molecule has 0 aliphatic heterocycles. The van der Waals surface area contributed by atoms with Gasteiger partial charge in [0.15, 0.2) is 0 Å². The largest absolute Gasteiger partial charge is 0.473 e. The number of para-hydroxylation sites is 2. The SMILES string of the molecule is CC(C)Oc1nc2ccccc2nc1-c1cccc(C=CCCCc2csc(C(C)C)n2)c1. The Hall–Kier alpha value is -3.05. The molecule has 0 aliphatic rings. The lowest BCUT2D eigenvalue weighted by molar-refractivity contribution is 0.234. The van der Waals surface area contributed by atoms with Gasteiger partial charge in [-0.2, -0.15) is 0 Å². The maximum atomic E-state index is 6.02. The van der Waals surface area contributed by atoms with E-state index >= 15 is 0 Å². The first-order chi connectivity index (χ1) is 16.0. The average Bonchev–Trinajstić information content (AvgIpc) is 3.28. The van der Waals surface area contributed by atoms with E-state index in [1.54, 1.807) is 11.3 Å². The smallest absolute Gasteiger partial charge is 0.241 e. The summed E-state index contributed by atoms with van der Waals surface area (Å²) in [6.45, 7) is 8.41. The van der Waals surface area contributed by atoms with E-state index < -0.39 is 0 Å². The Balaban J connectivity index is 1.47. The molecule has 4 aromatic rings. The van der Waals surface area contributed by atoms with Crippen LogP contribution in [0.1, 0.15) is 62.7 Å². The molecule has 0 aliphatic carbocycles. The van der Waals surface area contributed by atoms with E-state index in [1.807, 2.05) is 38.1 Å². The molecule has 2 heterocycles. The van der Waals surface area contributed by atoms with Crippen molar-refractivity contribution in [3.05, 3.63) is 76.3 Å². The van der Waals surface area contributed by atoms with Crippen LogP contribution in [0.4, 0.5) is 0 Å². The van der Waals surface area contributed by atoms with E-state index in [2.05, 4.69) is 55.6 Å². The second kappa shape index (κ2) is 10.7.